The van der Waals surface area contributed by atoms with E-state index in [0.717, 1.165) is 6.92 Å². The van der Waals surface area contributed by atoms with Crippen LogP contribution < -0.4 is 0 Å². The average molecular weight is 197 g/mol. The van der Waals surface area contributed by atoms with Gasteiger partial charge in [0.15, 0.2) is 0 Å². The predicted octanol–water partition coefficient (Wildman–Crippen LogP) is 2.46. The van der Waals surface area contributed by atoms with Crippen molar-refractivity contribution in [1.29, 1.82) is 0 Å². The molecule has 3 heteroatoms. The van der Waals surface area contributed by atoms with Crippen LogP contribution in [0.4, 0.5) is 0 Å². The largest absolute Gasteiger partial charge is 0.481 e. The molecule has 1 N–H and O–H groups in total. The minimum absolute atomic E-state index is 0.833. The van der Waals surface area contributed by atoms with E-state index in [2.05, 4.69) is 37.0 Å². The Bertz CT molecular complexity index is 262. The first-order valence-electron chi connectivity index (χ1n) is 4.86. The van der Waals surface area contributed by atoms with Gasteiger partial charge in [-0.25, -0.2) is 0 Å². The number of aromatic nitrogens is 1. The monoisotopic (exact) mass is 197 g/mol. The van der Waals surface area contributed by atoms with Gasteiger partial charge in [-0.15, -0.1) is 0 Å². The summed E-state index contributed by atoms with van der Waals surface area (Å²) in [5.41, 5.74) is 1.46. The van der Waals surface area contributed by atoms with Crippen molar-refractivity contribution in [3.63, 3.8) is 0 Å². The van der Waals surface area contributed by atoms with Crippen molar-refractivity contribution >= 4 is 5.97 Å². The third-order valence-corrected chi connectivity index (χ3v) is 1.71. The highest BCUT2D eigenvalue weighted by Crippen LogP contribution is 2.04. The number of unbranched alkanes of at least 4 members (excludes halogenated alkanes) is 1. The van der Waals surface area contributed by atoms with Crippen molar-refractivity contribution < 1.29 is 9.90 Å². The molecule has 1 rings (SSSR count). The molecule has 3 nitrogen and oxygen atoms in total. The van der Waals surface area contributed by atoms with Crippen LogP contribution in [-0.2, 0) is 18.3 Å². The molecule has 0 saturated carbocycles. The molecule has 0 aromatic carbocycles. The molecule has 0 atom stereocenters. The third-order valence-electron chi connectivity index (χ3n) is 1.71. The predicted molar refractivity (Wildman–Crippen MR) is 57.3 cm³/mol. The molecule has 0 fully saturated rings. The van der Waals surface area contributed by atoms with Crippen molar-refractivity contribution in [2.45, 2.75) is 33.1 Å². The number of nitrogens with zero attached hydrogens (tertiary/aromatic N) is 1. The molecule has 80 valence electrons. The first-order chi connectivity index (χ1) is 6.56. The van der Waals surface area contributed by atoms with Crippen LogP contribution in [0.1, 0.15) is 32.3 Å². The van der Waals surface area contributed by atoms with Gasteiger partial charge in [0.05, 0.1) is 0 Å². The average Bonchev–Trinajstić information content (AvgIpc) is 2.47. The van der Waals surface area contributed by atoms with Crippen molar-refractivity contribution in [1.82, 2.24) is 4.57 Å². The van der Waals surface area contributed by atoms with Gasteiger partial charge in [0.1, 0.15) is 0 Å². The summed E-state index contributed by atoms with van der Waals surface area (Å²) in [5.74, 6) is -0.833. The maximum absolute atomic E-state index is 9.00. The number of hydrogen-bond donors (Lipinski definition) is 1. The maximum atomic E-state index is 9.00. The van der Waals surface area contributed by atoms with Gasteiger partial charge in [0, 0.05) is 26.4 Å². The highest BCUT2D eigenvalue weighted by Gasteiger charge is 1.91. The van der Waals surface area contributed by atoms with Gasteiger partial charge in [0.25, 0.3) is 5.97 Å². The molecular weight excluding hydrogens is 178 g/mol. The van der Waals surface area contributed by atoms with E-state index in [1.54, 1.807) is 0 Å². The van der Waals surface area contributed by atoms with E-state index < -0.39 is 5.97 Å². The van der Waals surface area contributed by atoms with E-state index in [4.69, 9.17) is 9.90 Å². The standard InChI is InChI=1S/C9H15N.C2H4O2/c1-3-4-5-9-6-7-10(2)8-9;1-2(3)4/h6-8H,3-5H2,1-2H3;1H3,(H,3,4). The quantitative estimate of drug-likeness (QED) is 0.808. The molecule has 14 heavy (non-hydrogen) atoms. The summed E-state index contributed by atoms with van der Waals surface area (Å²) < 4.78 is 2.10. The molecule has 1 aromatic rings. The van der Waals surface area contributed by atoms with Gasteiger partial charge >= 0.3 is 0 Å². The van der Waals surface area contributed by atoms with E-state index in [1.807, 2.05) is 0 Å². The lowest BCUT2D eigenvalue weighted by molar-refractivity contribution is -0.134. The lowest BCUT2D eigenvalue weighted by Gasteiger charge is -1.92. The number of carboxylic acid groups (broad SMARTS) is 1. The Morgan fingerprint density at radius 3 is 2.50 bits per heavy atom. The Kier molecular flexibility index (Phi) is 6.54. The number of carbonyl (C=O) groups is 1. The number of carboxylic acids is 1. The Balaban J connectivity index is 0.000000364. The second-order valence-electron chi connectivity index (χ2n) is 3.31. The summed E-state index contributed by atoms with van der Waals surface area (Å²) in [6.45, 7) is 3.31. The van der Waals surface area contributed by atoms with Crippen LogP contribution in [0.2, 0.25) is 0 Å². The van der Waals surface area contributed by atoms with Gasteiger partial charge in [-0.05, 0) is 24.5 Å². The molecule has 0 aliphatic rings. The second kappa shape index (κ2) is 7.18. The third kappa shape index (κ3) is 7.40. The first-order valence-corrected chi connectivity index (χ1v) is 4.86. The molecule has 0 radical (unpaired) electrons. The van der Waals surface area contributed by atoms with Crippen LogP contribution in [0.25, 0.3) is 0 Å². The number of aryl methyl sites for hydroxylation is 2. The van der Waals surface area contributed by atoms with E-state index >= 15 is 0 Å². The molecule has 0 bridgehead atoms. The fourth-order valence-electron chi connectivity index (χ4n) is 1.09. The summed E-state index contributed by atoms with van der Waals surface area (Å²) >= 11 is 0. The SMILES string of the molecule is CC(=O)O.CCCCc1ccn(C)c1. The maximum Gasteiger partial charge on any atom is 0.300 e. The van der Waals surface area contributed by atoms with E-state index in [0.29, 0.717) is 0 Å². The number of rotatable bonds is 3. The Morgan fingerprint density at radius 1 is 1.57 bits per heavy atom. The van der Waals surface area contributed by atoms with Crippen LogP contribution in [0.15, 0.2) is 18.5 Å². The Hall–Kier alpha value is -1.25. The van der Waals surface area contributed by atoms with Gasteiger partial charge in [-0.1, -0.05) is 13.3 Å². The second-order valence-corrected chi connectivity index (χ2v) is 3.31. The molecule has 1 aromatic heterocycles. The van der Waals surface area contributed by atoms with E-state index in [9.17, 15) is 0 Å². The van der Waals surface area contributed by atoms with Gasteiger partial charge in [0.2, 0.25) is 0 Å². The van der Waals surface area contributed by atoms with Crippen molar-refractivity contribution in [3.8, 4) is 0 Å². The van der Waals surface area contributed by atoms with E-state index in [1.165, 1.54) is 24.8 Å². The molecule has 0 saturated heterocycles. The summed E-state index contributed by atoms with van der Waals surface area (Å²) in [7, 11) is 2.06. The molecule has 0 spiro atoms. The molecule has 0 unspecified atom stereocenters. The Labute approximate surface area is 85.4 Å². The van der Waals surface area contributed by atoms with Crippen LogP contribution in [0.3, 0.4) is 0 Å². The normalized spacial score (nSPS) is 9.07. The molecule has 1 heterocycles. The fourth-order valence-corrected chi connectivity index (χ4v) is 1.09. The number of hydrogen-bond acceptors (Lipinski definition) is 1. The number of aliphatic carboxylic acids is 1. The molecule has 0 aliphatic carbocycles. The highest BCUT2D eigenvalue weighted by molar-refractivity contribution is 5.62. The fraction of sp³-hybridized carbons (Fsp3) is 0.545. The Morgan fingerprint density at radius 2 is 2.14 bits per heavy atom. The van der Waals surface area contributed by atoms with Crippen LogP contribution >= 0.6 is 0 Å². The minimum Gasteiger partial charge on any atom is -0.481 e. The van der Waals surface area contributed by atoms with E-state index in [-0.39, 0.29) is 0 Å². The molecule has 0 aliphatic heterocycles. The lowest BCUT2D eigenvalue weighted by Crippen LogP contribution is -1.82. The summed E-state index contributed by atoms with van der Waals surface area (Å²) in [6, 6.07) is 2.19. The zero-order valence-corrected chi connectivity index (χ0v) is 9.16. The summed E-state index contributed by atoms with van der Waals surface area (Å²) in [6.07, 6.45) is 8.12. The zero-order chi connectivity index (χ0) is 11.0. The van der Waals surface area contributed by atoms with Gasteiger partial charge in [-0.2, -0.15) is 0 Å². The molecular formula is C11H19NO2. The van der Waals surface area contributed by atoms with Crippen LogP contribution in [0, 0.1) is 0 Å². The molecule has 0 amide bonds. The zero-order valence-electron chi connectivity index (χ0n) is 9.16. The van der Waals surface area contributed by atoms with Gasteiger partial charge in [-0.3, -0.25) is 4.79 Å². The van der Waals surface area contributed by atoms with Crippen LogP contribution in [0.5, 0.6) is 0 Å². The van der Waals surface area contributed by atoms with Crippen molar-refractivity contribution in [2.24, 2.45) is 7.05 Å². The topological polar surface area (TPSA) is 42.2 Å². The minimum atomic E-state index is -0.833. The highest BCUT2D eigenvalue weighted by atomic mass is 16.4. The summed E-state index contributed by atoms with van der Waals surface area (Å²) in [4.78, 5) is 9.00. The summed E-state index contributed by atoms with van der Waals surface area (Å²) in [5, 5.41) is 7.42. The smallest absolute Gasteiger partial charge is 0.300 e. The van der Waals surface area contributed by atoms with Gasteiger partial charge < -0.3 is 9.67 Å². The van der Waals surface area contributed by atoms with Crippen molar-refractivity contribution in [2.75, 3.05) is 0 Å². The van der Waals surface area contributed by atoms with Crippen molar-refractivity contribution in [3.05, 3.63) is 24.0 Å². The lowest BCUT2D eigenvalue weighted by atomic mass is 10.2. The van der Waals surface area contributed by atoms with Crippen LogP contribution in [-0.4, -0.2) is 15.6 Å². The first kappa shape index (κ1) is 12.8.